The molecule has 3 aliphatic rings. The summed E-state index contributed by atoms with van der Waals surface area (Å²) >= 11 is 0. The van der Waals surface area contributed by atoms with Crippen molar-refractivity contribution in [1.82, 2.24) is 4.90 Å². The minimum atomic E-state index is -0.0129. The van der Waals surface area contributed by atoms with Crippen LogP contribution >= 0.6 is 0 Å². The van der Waals surface area contributed by atoms with Crippen molar-refractivity contribution in [2.75, 3.05) is 31.6 Å². The van der Waals surface area contributed by atoms with E-state index >= 15 is 0 Å². The van der Waals surface area contributed by atoms with Gasteiger partial charge in [-0.2, -0.15) is 0 Å². The Labute approximate surface area is 151 Å². The molecule has 0 radical (unpaired) electrons. The summed E-state index contributed by atoms with van der Waals surface area (Å²) in [7, 11) is 2.17. The Morgan fingerprint density at radius 3 is 2.60 bits per heavy atom. The summed E-state index contributed by atoms with van der Waals surface area (Å²) in [6, 6.07) is 11.0. The minimum absolute atomic E-state index is 0.0129. The SMILES string of the molecule is CN(c1ccccc1)[C@@H]1COC2(CCN(C(=O)CC3CCC3)CC2)C1. The molecular formula is C21H30N2O2. The van der Waals surface area contributed by atoms with Gasteiger partial charge >= 0.3 is 0 Å². The van der Waals surface area contributed by atoms with Gasteiger partial charge in [-0.1, -0.05) is 24.6 Å². The number of hydrogen-bond acceptors (Lipinski definition) is 3. The summed E-state index contributed by atoms with van der Waals surface area (Å²) in [5, 5.41) is 0. The number of piperidine rings is 1. The molecule has 1 aliphatic carbocycles. The van der Waals surface area contributed by atoms with Crippen molar-refractivity contribution < 1.29 is 9.53 Å². The maximum Gasteiger partial charge on any atom is 0.222 e. The lowest BCUT2D eigenvalue weighted by molar-refractivity contribution is -0.137. The number of rotatable bonds is 4. The standard InChI is InChI=1S/C21H30N2O2/c1-22(18-8-3-2-4-9-18)19-15-21(25-16-19)10-12-23(13-11-21)20(24)14-17-6-5-7-17/h2-4,8-9,17,19H,5-7,10-16H2,1H3/t19-/m0/s1. The number of anilines is 1. The van der Waals surface area contributed by atoms with Crippen LogP contribution in [0.3, 0.4) is 0 Å². The Hall–Kier alpha value is -1.55. The monoisotopic (exact) mass is 342 g/mol. The third-order valence-corrected chi connectivity index (χ3v) is 6.62. The summed E-state index contributed by atoms with van der Waals surface area (Å²) in [6.45, 7) is 2.53. The molecule has 3 fully saturated rings. The fraction of sp³-hybridized carbons (Fsp3) is 0.667. The predicted octanol–water partition coefficient (Wildman–Crippen LogP) is 3.46. The van der Waals surface area contributed by atoms with Gasteiger partial charge < -0.3 is 14.5 Å². The zero-order valence-corrected chi connectivity index (χ0v) is 15.3. The van der Waals surface area contributed by atoms with E-state index in [1.54, 1.807) is 0 Å². The third-order valence-electron chi connectivity index (χ3n) is 6.62. The molecule has 1 amide bonds. The van der Waals surface area contributed by atoms with Crippen LogP contribution in [-0.2, 0) is 9.53 Å². The van der Waals surface area contributed by atoms with Gasteiger partial charge in [0.2, 0.25) is 5.91 Å². The normalized spacial score (nSPS) is 25.8. The Morgan fingerprint density at radius 2 is 1.96 bits per heavy atom. The zero-order chi connectivity index (χ0) is 17.3. The lowest BCUT2D eigenvalue weighted by atomic mass is 9.82. The van der Waals surface area contributed by atoms with E-state index in [9.17, 15) is 4.79 Å². The lowest BCUT2D eigenvalue weighted by Gasteiger charge is -2.40. The van der Waals surface area contributed by atoms with Crippen LogP contribution in [0.1, 0.15) is 44.9 Å². The average molecular weight is 342 g/mol. The molecule has 4 nitrogen and oxygen atoms in total. The van der Waals surface area contributed by atoms with Crippen molar-refractivity contribution in [3.63, 3.8) is 0 Å². The van der Waals surface area contributed by atoms with Crippen LogP contribution in [0.4, 0.5) is 5.69 Å². The Kier molecular flexibility index (Phi) is 4.72. The highest BCUT2D eigenvalue weighted by Gasteiger charge is 2.44. The van der Waals surface area contributed by atoms with E-state index in [-0.39, 0.29) is 5.60 Å². The summed E-state index contributed by atoms with van der Waals surface area (Å²) < 4.78 is 6.30. The van der Waals surface area contributed by atoms with Gasteiger partial charge in [-0.15, -0.1) is 0 Å². The molecule has 4 heteroatoms. The molecule has 0 unspecified atom stereocenters. The summed E-state index contributed by atoms with van der Waals surface area (Å²) in [4.78, 5) is 16.9. The van der Waals surface area contributed by atoms with Gasteiger partial charge in [0.05, 0.1) is 18.2 Å². The molecule has 2 aliphatic heterocycles. The second-order valence-electron chi connectivity index (χ2n) is 8.18. The first-order valence-corrected chi connectivity index (χ1v) is 9.85. The van der Waals surface area contributed by atoms with Crippen LogP contribution in [0.15, 0.2) is 30.3 Å². The molecule has 25 heavy (non-hydrogen) atoms. The number of carbonyl (C=O) groups is 1. The van der Waals surface area contributed by atoms with Crippen molar-refractivity contribution in [2.45, 2.75) is 56.6 Å². The lowest BCUT2D eigenvalue weighted by Crippen LogP contribution is -2.47. The van der Waals surface area contributed by atoms with E-state index in [2.05, 4.69) is 47.2 Å². The molecule has 2 heterocycles. The van der Waals surface area contributed by atoms with E-state index in [4.69, 9.17) is 4.74 Å². The molecule has 2 saturated heterocycles. The maximum absolute atomic E-state index is 12.4. The van der Waals surface area contributed by atoms with Crippen molar-refractivity contribution in [1.29, 1.82) is 0 Å². The summed E-state index contributed by atoms with van der Waals surface area (Å²) in [5.74, 6) is 1.03. The maximum atomic E-state index is 12.4. The van der Waals surface area contributed by atoms with Gasteiger partial charge in [0.15, 0.2) is 0 Å². The highest BCUT2D eigenvalue weighted by molar-refractivity contribution is 5.76. The van der Waals surface area contributed by atoms with E-state index in [1.165, 1.54) is 24.9 Å². The number of benzene rings is 1. The zero-order valence-electron chi connectivity index (χ0n) is 15.3. The highest BCUT2D eigenvalue weighted by atomic mass is 16.5. The Morgan fingerprint density at radius 1 is 1.24 bits per heavy atom. The minimum Gasteiger partial charge on any atom is -0.373 e. The van der Waals surface area contributed by atoms with Crippen molar-refractivity contribution in [2.24, 2.45) is 5.92 Å². The molecule has 0 aromatic heterocycles. The number of ether oxygens (including phenoxy) is 1. The van der Waals surface area contributed by atoms with E-state index < -0.39 is 0 Å². The largest absolute Gasteiger partial charge is 0.373 e. The first kappa shape index (κ1) is 16.9. The Balaban J connectivity index is 1.30. The number of likely N-dealkylation sites (N-methyl/N-ethyl adjacent to an activating group) is 1. The summed E-state index contributed by atoms with van der Waals surface area (Å²) in [6.07, 6.45) is 7.63. The van der Waals surface area contributed by atoms with Gasteiger partial charge in [0.25, 0.3) is 0 Å². The van der Waals surface area contributed by atoms with Gasteiger partial charge in [0, 0.05) is 32.2 Å². The fourth-order valence-electron chi connectivity index (χ4n) is 4.53. The van der Waals surface area contributed by atoms with E-state index in [0.717, 1.165) is 45.4 Å². The number of likely N-dealkylation sites (tertiary alicyclic amines) is 1. The summed E-state index contributed by atoms with van der Waals surface area (Å²) in [5.41, 5.74) is 1.24. The molecule has 1 atom stereocenters. The number of nitrogens with zero attached hydrogens (tertiary/aromatic N) is 2. The second-order valence-corrected chi connectivity index (χ2v) is 8.18. The van der Waals surface area contributed by atoms with Crippen LogP contribution in [-0.4, -0.2) is 49.2 Å². The highest BCUT2D eigenvalue weighted by Crippen LogP contribution is 2.39. The molecule has 1 aromatic rings. The fourth-order valence-corrected chi connectivity index (χ4v) is 4.53. The second kappa shape index (κ2) is 6.99. The van der Waals surface area contributed by atoms with Gasteiger partial charge in [-0.25, -0.2) is 0 Å². The molecule has 1 aromatic carbocycles. The first-order valence-electron chi connectivity index (χ1n) is 9.85. The van der Waals surface area contributed by atoms with Gasteiger partial charge in [0.1, 0.15) is 0 Å². The molecule has 1 spiro atoms. The Bertz CT molecular complexity index is 591. The molecular weight excluding hydrogens is 312 g/mol. The number of amides is 1. The number of carbonyl (C=O) groups excluding carboxylic acids is 1. The first-order chi connectivity index (χ1) is 12.2. The van der Waals surface area contributed by atoms with Crippen LogP contribution in [0.2, 0.25) is 0 Å². The average Bonchev–Trinajstić information content (AvgIpc) is 3.02. The molecule has 1 saturated carbocycles. The van der Waals surface area contributed by atoms with E-state index in [0.29, 0.717) is 17.9 Å². The molecule has 4 rings (SSSR count). The van der Waals surface area contributed by atoms with Crippen LogP contribution < -0.4 is 4.90 Å². The van der Waals surface area contributed by atoms with E-state index in [1.807, 2.05) is 0 Å². The molecule has 136 valence electrons. The van der Waals surface area contributed by atoms with Crippen LogP contribution in [0.25, 0.3) is 0 Å². The van der Waals surface area contributed by atoms with Crippen LogP contribution in [0.5, 0.6) is 0 Å². The third kappa shape index (κ3) is 3.55. The quantitative estimate of drug-likeness (QED) is 0.840. The predicted molar refractivity (Wildman–Crippen MR) is 99.7 cm³/mol. The number of para-hydroxylation sites is 1. The van der Waals surface area contributed by atoms with Crippen molar-refractivity contribution in [3.8, 4) is 0 Å². The smallest absolute Gasteiger partial charge is 0.222 e. The molecule has 0 bridgehead atoms. The van der Waals surface area contributed by atoms with Gasteiger partial charge in [-0.3, -0.25) is 4.79 Å². The van der Waals surface area contributed by atoms with Crippen molar-refractivity contribution >= 4 is 11.6 Å². The van der Waals surface area contributed by atoms with Crippen molar-refractivity contribution in [3.05, 3.63) is 30.3 Å². The van der Waals surface area contributed by atoms with Crippen LogP contribution in [0, 0.1) is 5.92 Å². The topological polar surface area (TPSA) is 32.8 Å². The van der Waals surface area contributed by atoms with Gasteiger partial charge in [-0.05, 0) is 50.2 Å². The molecule has 0 N–H and O–H groups in total. The number of hydrogen-bond donors (Lipinski definition) is 0.